The molecule has 1 amide bonds. The lowest BCUT2D eigenvalue weighted by atomic mass is 10.2. The molecule has 0 atom stereocenters. The summed E-state index contributed by atoms with van der Waals surface area (Å²) in [6.07, 6.45) is 0. The minimum absolute atomic E-state index is 0.0545. The molecule has 1 aromatic heterocycles. The van der Waals surface area contributed by atoms with Crippen LogP contribution in [0, 0.1) is 6.92 Å². The van der Waals surface area contributed by atoms with E-state index in [1.165, 1.54) is 11.3 Å². The van der Waals surface area contributed by atoms with Crippen molar-refractivity contribution in [3.05, 3.63) is 61.9 Å². The summed E-state index contributed by atoms with van der Waals surface area (Å²) in [6, 6.07) is 11.2. The van der Waals surface area contributed by atoms with E-state index in [2.05, 4.69) is 10.2 Å². The second-order valence-electron chi connectivity index (χ2n) is 7.06. The van der Waals surface area contributed by atoms with E-state index in [1.807, 2.05) is 42.2 Å². The molecule has 0 radical (unpaired) electrons. The molecule has 0 saturated carbocycles. The van der Waals surface area contributed by atoms with E-state index >= 15 is 0 Å². The number of carbonyl (C=O) groups excluding carboxylic acids is 1. The first-order chi connectivity index (χ1) is 14.3. The topological polar surface area (TPSA) is 35.6 Å². The molecular weight excluding hydrogens is 481 g/mol. The predicted molar refractivity (Wildman–Crippen MR) is 132 cm³/mol. The van der Waals surface area contributed by atoms with Crippen LogP contribution in [-0.4, -0.2) is 47.0 Å². The minimum Gasteiger partial charge on any atom is -0.345 e. The number of hydrogen-bond donors (Lipinski definition) is 1. The molecule has 1 N–H and O–H groups in total. The van der Waals surface area contributed by atoms with Gasteiger partial charge in [0.2, 0.25) is 0 Å². The zero-order chi connectivity index (χ0) is 21.4. The van der Waals surface area contributed by atoms with Gasteiger partial charge in [-0.25, -0.2) is 0 Å². The Balaban J connectivity index is 1.40. The molecule has 2 aromatic carbocycles. The maximum atomic E-state index is 13.0. The zero-order valence-electron chi connectivity index (χ0n) is 16.0. The molecule has 9 heteroatoms. The Bertz CT molecular complexity index is 1140. The zero-order valence-corrected chi connectivity index (χ0v) is 19.9. The Labute approximate surface area is 199 Å². The minimum atomic E-state index is -0.0545. The molecule has 156 valence electrons. The van der Waals surface area contributed by atoms with E-state index in [4.69, 9.17) is 47.0 Å². The van der Waals surface area contributed by atoms with Crippen molar-refractivity contribution in [2.75, 3.05) is 31.5 Å². The molecule has 0 bridgehead atoms. The van der Waals surface area contributed by atoms with Crippen LogP contribution in [-0.2, 0) is 0 Å². The van der Waals surface area contributed by atoms with Crippen LogP contribution in [0.3, 0.4) is 0 Å². The maximum Gasteiger partial charge on any atom is 0.265 e. The number of rotatable bonds is 2. The smallest absolute Gasteiger partial charge is 0.265 e. The number of thiophene rings is 1. The Morgan fingerprint density at radius 3 is 2.43 bits per heavy atom. The van der Waals surface area contributed by atoms with Gasteiger partial charge < -0.3 is 15.1 Å². The number of nitrogens with zero attached hydrogens (tertiary/aromatic N) is 2. The van der Waals surface area contributed by atoms with Crippen molar-refractivity contribution in [2.45, 2.75) is 6.92 Å². The number of fused-ring (bicyclic) bond motifs is 1. The van der Waals surface area contributed by atoms with Crippen molar-refractivity contribution < 1.29 is 4.79 Å². The fraction of sp³-hybridized carbons (Fsp3) is 0.238. The number of piperazine rings is 1. The van der Waals surface area contributed by atoms with Crippen molar-refractivity contribution in [2.24, 2.45) is 0 Å². The molecule has 30 heavy (non-hydrogen) atoms. The molecule has 0 spiro atoms. The summed E-state index contributed by atoms with van der Waals surface area (Å²) in [4.78, 5) is 17.5. The molecule has 0 unspecified atom stereocenters. The van der Waals surface area contributed by atoms with Gasteiger partial charge in [0.15, 0.2) is 5.11 Å². The van der Waals surface area contributed by atoms with Crippen LogP contribution in [0.25, 0.3) is 10.1 Å². The summed E-state index contributed by atoms with van der Waals surface area (Å²) in [7, 11) is 0. The fourth-order valence-corrected chi connectivity index (χ4v) is 5.54. The number of aryl methyl sites for hydroxylation is 1. The van der Waals surface area contributed by atoms with Crippen LogP contribution in [0.15, 0.2) is 36.4 Å². The number of anilines is 1. The van der Waals surface area contributed by atoms with E-state index in [0.29, 0.717) is 51.2 Å². The molecule has 1 fully saturated rings. The van der Waals surface area contributed by atoms with Crippen LogP contribution in [0.1, 0.15) is 15.2 Å². The second kappa shape index (κ2) is 8.89. The number of benzene rings is 2. The third kappa shape index (κ3) is 4.39. The molecule has 3 aromatic rings. The predicted octanol–water partition coefficient (Wildman–Crippen LogP) is 6.32. The van der Waals surface area contributed by atoms with Gasteiger partial charge in [-0.1, -0.05) is 46.9 Å². The summed E-state index contributed by atoms with van der Waals surface area (Å²) >= 11 is 25.7. The standard InChI is InChI=1S/C21H18Cl3N3OS2/c1-12-2-4-14(11-16(12)23)25-21(29)27-8-6-26(7-9-27)20(28)19-18(24)15-5-3-13(22)10-17(15)30-19/h2-5,10-11H,6-9H2,1H3,(H,25,29). The lowest BCUT2D eigenvalue weighted by Gasteiger charge is -2.36. The Hall–Kier alpha value is -1.57. The first-order valence-electron chi connectivity index (χ1n) is 9.32. The number of nitrogens with one attached hydrogen (secondary N) is 1. The molecule has 4 rings (SSSR count). The second-order valence-corrected chi connectivity index (χ2v) is 9.72. The summed E-state index contributed by atoms with van der Waals surface area (Å²) in [6.45, 7) is 4.39. The van der Waals surface area contributed by atoms with E-state index in [1.54, 1.807) is 6.07 Å². The number of amides is 1. The van der Waals surface area contributed by atoms with Gasteiger partial charge in [-0.05, 0) is 49.0 Å². The van der Waals surface area contributed by atoms with Crippen LogP contribution < -0.4 is 5.32 Å². The lowest BCUT2D eigenvalue weighted by molar-refractivity contribution is 0.0698. The third-order valence-electron chi connectivity index (χ3n) is 5.06. The fourth-order valence-electron chi connectivity index (χ4n) is 3.31. The van der Waals surface area contributed by atoms with Crippen molar-refractivity contribution in [3.63, 3.8) is 0 Å². The van der Waals surface area contributed by atoms with Crippen molar-refractivity contribution in [1.82, 2.24) is 9.80 Å². The summed E-state index contributed by atoms with van der Waals surface area (Å²) in [5.74, 6) is -0.0545. The Kier molecular flexibility index (Phi) is 6.42. The molecular formula is C21H18Cl3N3OS2. The van der Waals surface area contributed by atoms with E-state index < -0.39 is 0 Å². The SMILES string of the molecule is Cc1ccc(NC(=S)N2CCN(C(=O)c3sc4cc(Cl)ccc4c3Cl)CC2)cc1Cl. The number of carbonyl (C=O) groups is 1. The van der Waals surface area contributed by atoms with Gasteiger partial charge in [-0.15, -0.1) is 11.3 Å². The average Bonchev–Trinajstić information content (AvgIpc) is 3.06. The largest absolute Gasteiger partial charge is 0.345 e. The van der Waals surface area contributed by atoms with Crippen molar-refractivity contribution in [1.29, 1.82) is 0 Å². The van der Waals surface area contributed by atoms with Crippen LogP contribution in [0.5, 0.6) is 0 Å². The first-order valence-corrected chi connectivity index (χ1v) is 11.7. The van der Waals surface area contributed by atoms with Crippen molar-refractivity contribution >= 4 is 85.2 Å². The lowest BCUT2D eigenvalue weighted by Crippen LogP contribution is -2.51. The highest BCUT2D eigenvalue weighted by Gasteiger charge is 2.27. The highest BCUT2D eigenvalue weighted by atomic mass is 35.5. The van der Waals surface area contributed by atoms with Crippen molar-refractivity contribution in [3.8, 4) is 0 Å². The molecule has 1 saturated heterocycles. The quantitative estimate of drug-likeness (QED) is 0.419. The molecule has 4 nitrogen and oxygen atoms in total. The van der Waals surface area contributed by atoms with E-state index in [-0.39, 0.29) is 5.91 Å². The molecule has 0 aliphatic carbocycles. The van der Waals surface area contributed by atoms with Gasteiger partial charge in [0.25, 0.3) is 5.91 Å². The highest BCUT2D eigenvalue weighted by molar-refractivity contribution is 7.80. The monoisotopic (exact) mass is 497 g/mol. The average molecular weight is 499 g/mol. The normalized spacial score (nSPS) is 14.3. The summed E-state index contributed by atoms with van der Waals surface area (Å²) < 4.78 is 0.914. The van der Waals surface area contributed by atoms with Gasteiger partial charge >= 0.3 is 0 Å². The maximum absolute atomic E-state index is 13.0. The van der Waals surface area contributed by atoms with E-state index in [0.717, 1.165) is 21.3 Å². The third-order valence-corrected chi connectivity index (χ3v) is 7.71. The van der Waals surface area contributed by atoms with Crippen LogP contribution >= 0.6 is 58.4 Å². The van der Waals surface area contributed by atoms with E-state index in [9.17, 15) is 4.79 Å². The Morgan fingerprint density at radius 2 is 1.73 bits per heavy atom. The summed E-state index contributed by atoms with van der Waals surface area (Å²) in [5.41, 5.74) is 1.87. The molecule has 2 heterocycles. The van der Waals surface area contributed by atoms with Gasteiger partial charge in [0, 0.05) is 52.0 Å². The van der Waals surface area contributed by atoms with Crippen LogP contribution in [0.4, 0.5) is 5.69 Å². The van der Waals surface area contributed by atoms with Gasteiger partial charge in [-0.2, -0.15) is 0 Å². The van der Waals surface area contributed by atoms with Crippen LogP contribution in [0.2, 0.25) is 15.1 Å². The Morgan fingerprint density at radius 1 is 1.03 bits per heavy atom. The number of hydrogen-bond acceptors (Lipinski definition) is 3. The number of halogens is 3. The van der Waals surface area contributed by atoms with Gasteiger partial charge in [-0.3, -0.25) is 4.79 Å². The van der Waals surface area contributed by atoms with Gasteiger partial charge in [0.05, 0.1) is 5.02 Å². The number of thiocarbonyl (C=S) groups is 1. The first kappa shape index (κ1) is 21.7. The highest BCUT2D eigenvalue weighted by Crippen LogP contribution is 2.37. The molecule has 1 aliphatic rings. The molecule has 1 aliphatic heterocycles. The van der Waals surface area contributed by atoms with Gasteiger partial charge in [0.1, 0.15) is 4.88 Å². The summed E-state index contributed by atoms with van der Waals surface area (Å²) in [5, 5.41) is 6.52.